The maximum Gasteiger partial charge on any atom is 0.222 e. The van der Waals surface area contributed by atoms with Crippen molar-refractivity contribution in [2.45, 2.75) is 25.7 Å². The van der Waals surface area contributed by atoms with Crippen molar-refractivity contribution < 1.29 is 14.6 Å². The summed E-state index contributed by atoms with van der Waals surface area (Å²) in [5.41, 5.74) is 0. The van der Waals surface area contributed by atoms with E-state index in [1.807, 2.05) is 0 Å². The van der Waals surface area contributed by atoms with Crippen molar-refractivity contribution in [2.24, 2.45) is 5.92 Å². The summed E-state index contributed by atoms with van der Waals surface area (Å²) in [6, 6.07) is 0. The number of carbonyl (C=O) groups excluding carboxylic acids is 1. The third kappa shape index (κ3) is 5.80. The van der Waals surface area contributed by atoms with Crippen molar-refractivity contribution in [3.8, 4) is 0 Å². The summed E-state index contributed by atoms with van der Waals surface area (Å²) in [6.07, 6.45) is 3.96. The van der Waals surface area contributed by atoms with Crippen LogP contribution in [0.1, 0.15) is 25.7 Å². The second-order valence-corrected chi connectivity index (χ2v) is 4.85. The second kappa shape index (κ2) is 9.30. The van der Waals surface area contributed by atoms with Crippen molar-refractivity contribution in [3.05, 3.63) is 0 Å². The molecule has 0 bridgehead atoms. The Labute approximate surface area is 109 Å². The molecule has 1 aliphatic heterocycles. The van der Waals surface area contributed by atoms with Crippen LogP contribution >= 0.6 is 0 Å². The molecule has 5 heteroatoms. The van der Waals surface area contributed by atoms with Gasteiger partial charge >= 0.3 is 0 Å². The maximum absolute atomic E-state index is 12.0. The lowest BCUT2D eigenvalue weighted by Gasteiger charge is -2.25. The summed E-state index contributed by atoms with van der Waals surface area (Å²) in [5, 5.41) is 12.3. The first kappa shape index (κ1) is 15.4. The number of nitrogens with one attached hydrogen (secondary N) is 1. The molecule has 0 aromatic heterocycles. The summed E-state index contributed by atoms with van der Waals surface area (Å²) in [4.78, 5) is 13.7. The third-order valence-electron chi connectivity index (χ3n) is 3.45. The van der Waals surface area contributed by atoms with E-state index in [4.69, 9.17) is 9.84 Å². The van der Waals surface area contributed by atoms with E-state index in [9.17, 15) is 4.79 Å². The molecule has 0 aromatic rings. The number of ether oxygens (including phenoxy) is 1. The lowest BCUT2D eigenvalue weighted by atomic mass is 9.94. The molecule has 0 spiro atoms. The standard InChI is InChI=1S/C13H26N2O3/c1-18-10-8-15(7-9-16)13(17)5-4-12-3-2-6-14-11-12/h12,14,16H,2-11H2,1H3. The topological polar surface area (TPSA) is 61.8 Å². The monoisotopic (exact) mass is 258 g/mol. The average molecular weight is 258 g/mol. The number of aliphatic hydroxyl groups is 1. The predicted molar refractivity (Wildman–Crippen MR) is 70.4 cm³/mol. The van der Waals surface area contributed by atoms with Crippen LogP contribution in [0.25, 0.3) is 0 Å². The molecule has 5 nitrogen and oxygen atoms in total. The fourth-order valence-electron chi connectivity index (χ4n) is 2.34. The van der Waals surface area contributed by atoms with Gasteiger partial charge in [-0.25, -0.2) is 0 Å². The van der Waals surface area contributed by atoms with Crippen LogP contribution < -0.4 is 5.32 Å². The molecule has 1 heterocycles. The van der Waals surface area contributed by atoms with E-state index in [1.54, 1.807) is 12.0 Å². The van der Waals surface area contributed by atoms with Gasteiger partial charge in [-0.05, 0) is 38.3 Å². The van der Waals surface area contributed by atoms with Gasteiger partial charge in [0.05, 0.1) is 13.2 Å². The number of aliphatic hydroxyl groups excluding tert-OH is 1. The normalized spacial score (nSPS) is 19.8. The molecule has 1 amide bonds. The van der Waals surface area contributed by atoms with Crippen molar-refractivity contribution in [1.82, 2.24) is 10.2 Å². The van der Waals surface area contributed by atoms with Crippen LogP contribution in [-0.2, 0) is 9.53 Å². The summed E-state index contributed by atoms with van der Waals surface area (Å²) >= 11 is 0. The van der Waals surface area contributed by atoms with Crippen LogP contribution in [-0.4, -0.2) is 62.4 Å². The SMILES string of the molecule is COCCN(CCO)C(=O)CCC1CCCNC1. The number of rotatable bonds is 8. The first-order chi connectivity index (χ1) is 8.77. The van der Waals surface area contributed by atoms with E-state index in [1.165, 1.54) is 12.8 Å². The first-order valence-corrected chi connectivity index (χ1v) is 6.86. The zero-order chi connectivity index (χ0) is 13.2. The molecule has 0 radical (unpaired) electrons. The largest absolute Gasteiger partial charge is 0.395 e. The van der Waals surface area contributed by atoms with Crippen molar-refractivity contribution in [2.75, 3.05) is 46.5 Å². The number of nitrogens with zero attached hydrogens (tertiary/aromatic N) is 1. The molecule has 1 saturated heterocycles. The lowest BCUT2D eigenvalue weighted by molar-refractivity contribution is -0.132. The lowest BCUT2D eigenvalue weighted by Crippen LogP contribution is -2.37. The molecule has 1 aliphatic rings. The Balaban J connectivity index is 2.26. The predicted octanol–water partition coefficient (Wildman–Crippen LogP) is 0.234. The summed E-state index contributed by atoms with van der Waals surface area (Å²) in [7, 11) is 1.62. The molecular weight excluding hydrogens is 232 g/mol. The molecule has 0 aliphatic carbocycles. The molecule has 106 valence electrons. The maximum atomic E-state index is 12.0. The van der Waals surface area contributed by atoms with Gasteiger partial charge in [0.1, 0.15) is 0 Å². The van der Waals surface area contributed by atoms with Gasteiger partial charge in [-0.2, -0.15) is 0 Å². The Morgan fingerprint density at radius 2 is 2.33 bits per heavy atom. The fourth-order valence-corrected chi connectivity index (χ4v) is 2.34. The van der Waals surface area contributed by atoms with Crippen LogP contribution in [0.2, 0.25) is 0 Å². The van der Waals surface area contributed by atoms with Gasteiger partial charge in [0.25, 0.3) is 0 Å². The number of carbonyl (C=O) groups is 1. The Kier molecular flexibility index (Phi) is 7.96. The highest BCUT2D eigenvalue weighted by Gasteiger charge is 2.17. The molecule has 18 heavy (non-hydrogen) atoms. The minimum absolute atomic E-state index is 0.0143. The van der Waals surface area contributed by atoms with E-state index in [2.05, 4.69) is 5.32 Å². The smallest absolute Gasteiger partial charge is 0.222 e. The Hall–Kier alpha value is -0.650. The van der Waals surface area contributed by atoms with Gasteiger partial charge in [0.15, 0.2) is 0 Å². The van der Waals surface area contributed by atoms with E-state index < -0.39 is 0 Å². The molecule has 1 rings (SSSR count). The quantitative estimate of drug-likeness (QED) is 0.654. The zero-order valence-electron chi connectivity index (χ0n) is 11.4. The Bertz CT molecular complexity index is 230. The molecule has 0 saturated carbocycles. The van der Waals surface area contributed by atoms with E-state index in [-0.39, 0.29) is 12.5 Å². The van der Waals surface area contributed by atoms with E-state index in [0.717, 1.165) is 19.5 Å². The average Bonchev–Trinajstić information content (AvgIpc) is 2.42. The molecule has 2 N–H and O–H groups in total. The number of hydrogen-bond acceptors (Lipinski definition) is 4. The van der Waals surface area contributed by atoms with Crippen LogP contribution in [0.3, 0.4) is 0 Å². The van der Waals surface area contributed by atoms with Crippen molar-refractivity contribution in [1.29, 1.82) is 0 Å². The molecule has 1 unspecified atom stereocenters. The third-order valence-corrected chi connectivity index (χ3v) is 3.45. The number of amides is 1. The molecule has 1 fully saturated rings. The zero-order valence-corrected chi connectivity index (χ0v) is 11.4. The number of piperidine rings is 1. The number of methoxy groups -OCH3 is 1. The summed E-state index contributed by atoms with van der Waals surface area (Å²) in [5.74, 6) is 0.757. The first-order valence-electron chi connectivity index (χ1n) is 6.86. The molecule has 1 atom stereocenters. The van der Waals surface area contributed by atoms with Crippen LogP contribution in [0.4, 0.5) is 0 Å². The van der Waals surface area contributed by atoms with Crippen molar-refractivity contribution in [3.63, 3.8) is 0 Å². The summed E-state index contributed by atoms with van der Waals surface area (Å²) in [6.45, 7) is 3.65. The minimum Gasteiger partial charge on any atom is -0.395 e. The highest BCUT2D eigenvalue weighted by atomic mass is 16.5. The highest BCUT2D eigenvalue weighted by Crippen LogP contribution is 2.16. The minimum atomic E-state index is 0.0143. The van der Waals surface area contributed by atoms with Crippen LogP contribution in [0.5, 0.6) is 0 Å². The van der Waals surface area contributed by atoms with Gasteiger partial charge in [0.2, 0.25) is 5.91 Å². The highest BCUT2D eigenvalue weighted by molar-refractivity contribution is 5.76. The molecular formula is C13H26N2O3. The van der Waals surface area contributed by atoms with E-state index >= 15 is 0 Å². The second-order valence-electron chi connectivity index (χ2n) is 4.85. The number of hydrogen-bond donors (Lipinski definition) is 2. The van der Waals surface area contributed by atoms with Gasteiger partial charge in [0, 0.05) is 26.6 Å². The van der Waals surface area contributed by atoms with Gasteiger partial charge in [-0.3, -0.25) is 4.79 Å². The van der Waals surface area contributed by atoms with Gasteiger partial charge < -0.3 is 20.1 Å². The Morgan fingerprint density at radius 1 is 1.50 bits per heavy atom. The van der Waals surface area contributed by atoms with Crippen molar-refractivity contribution >= 4 is 5.91 Å². The van der Waals surface area contributed by atoms with Crippen LogP contribution in [0.15, 0.2) is 0 Å². The van der Waals surface area contributed by atoms with E-state index in [0.29, 0.717) is 32.0 Å². The van der Waals surface area contributed by atoms with Gasteiger partial charge in [-0.15, -0.1) is 0 Å². The van der Waals surface area contributed by atoms with Gasteiger partial charge in [-0.1, -0.05) is 0 Å². The summed E-state index contributed by atoms with van der Waals surface area (Å²) < 4.78 is 4.98. The fraction of sp³-hybridized carbons (Fsp3) is 0.923. The van der Waals surface area contributed by atoms with Crippen LogP contribution in [0, 0.1) is 5.92 Å². The molecule has 0 aromatic carbocycles. The Morgan fingerprint density at radius 3 is 2.94 bits per heavy atom.